The summed E-state index contributed by atoms with van der Waals surface area (Å²) in [4.78, 5) is 34.0. The molecule has 2 fully saturated rings. The largest absolute Gasteiger partial charge is 0.494 e. The van der Waals surface area contributed by atoms with Gasteiger partial charge in [0.2, 0.25) is 5.91 Å². The maximum atomic E-state index is 14.1. The van der Waals surface area contributed by atoms with Crippen molar-refractivity contribution in [2.45, 2.75) is 19.1 Å². The molecule has 2 saturated heterocycles. The molecule has 0 radical (unpaired) electrons. The molecule has 2 amide bonds. The first-order valence-corrected chi connectivity index (χ1v) is 10.5. The number of nitrogens with zero attached hydrogens (tertiary/aromatic N) is 2. The number of imide groups is 1. The lowest BCUT2D eigenvalue weighted by atomic mass is 9.90. The fraction of sp³-hybridized carbons (Fsp3) is 0.200. The second-order valence-electron chi connectivity index (χ2n) is 7.65. The average Bonchev–Trinajstić information content (AvgIpc) is 3.31. The minimum atomic E-state index is -0.998. The van der Waals surface area contributed by atoms with Gasteiger partial charge < -0.3 is 4.74 Å². The SMILES string of the molecule is CCOc1ccc(N2C(=O)C3ON(c4ccccc4)C(c4cccc(F)c4)C3C2=O)cc1. The summed E-state index contributed by atoms with van der Waals surface area (Å²) in [6, 6.07) is 21.4. The third-order valence-electron chi connectivity index (χ3n) is 5.72. The number of carbonyl (C=O) groups excluding carboxylic acids is 2. The fourth-order valence-electron chi connectivity index (χ4n) is 4.36. The molecule has 2 heterocycles. The molecule has 3 aromatic rings. The van der Waals surface area contributed by atoms with Gasteiger partial charge in [-0.2, -0.15) is 0 Å². The molecule has 3 unspecified atom stereocenters. The van der Waals surface area contributed by atoms with Crippen molar-refractivity contribution in [2.24, 2.45) is 5.92 Å². The summed E-state index contributed by atoms with van der Waals surface area (Å²) in [5, 5.41) is 1.55. The number of rotatable bonds is 5. The number of carbonyl (C=O) groups is 2. The van der Waals surface area contributed by atoms with Crippen LogP contribution in [0.2, 0.25) is 0 Å². The van der Waals surface area contributed by atoms with Crippen LogP contribution in [-0.2, 0) is 14.4 Å². The monoisotopic (exact) mass is 432 g/mol. The molecule has 7 heteroatoms. The van der Waals surface area contributed by atoms with Gasteiger partial charge in [0.25, 0.3) is 5.91 Å². The summed E-state index contributed by atoms with van der Waals surface area (Å²) in [6.07, 6.45) is -0.998. The zero-order valence-electron chi connectivity index (χ0n) is 17.4. The van der Waals surface area contributed by atoms with E-state index in [-0.39, 0.29) is 5.91 Å². The Morgan fingerprint density at radius 3 is 2.34 bits per heavy atom. The lowest BCUT2D eigenvalue weighted by molar-refractivity contribution is -0.126. The van der Waals surface area contributed by atoms with Gasteiger partial charge in [0.1, 0.15) is 17.5 Å². The van der Waals surface area contributed by atoms with Gasteiger partial charge in [0, 0.05) is 0 Å². The Labute approximate surface area is 184 Å². The normalized spacial score (nSPS) is 22.4. The molecule has 0 aromatic heterocycles. The van der Waals surface area contributed by atoms with Gasteiger partial charge >= 0.3 is 0 Å². The van der Waals surface area contributed by atoms with Gasteiger partial charge in [-0.3, -0.25) is 14.4 Å². The van der Waals surface area contributed by atoms with Crippen LogP contribution in [0.1, 0.15) is 18.5 Å². The van der Waals surface area contributed by atoms with Crippen LogP contribution in [0.15, 0.2) is 78.9 Å². The lowest BCUT2D eigenvalue weighted by Crippen LogP contribution is -2.37. The third kappa shape index (κ3) is 3.31. The molecule has 3 aromatic carbocycles. The molecule has 0 spiro atoms. The molecule has 0 saturated carbocycles. The van der Waals surface area contributed by atoms with E-state index in [1.807, 2.05) is 37.3 Å². The molecule has 32 heavy (non-hydrogen) atoms. The van der Waals surface area contributed by atoms with Crippen molar-refractivity contribution in [1.82, 2.24) is 0 Å². The van der Waals surface area contributed by atoms with Crippen molar-refractivity contribution in [3.63, 3.8) is 0 Å². The smallest absolute Gasteiger partial charge is 0.266 e. The molecule has 2 aliphatic heterocycles. The number of ether oxygens (including phenoxy) is 1. The Balaban J connectivity index is 1.54. The quantitative estimate of drug-likeness (QED) is 0.564. The number of halogens is 1. The number of amides is 2. The van der Waals surface area contributed by atoms with E-state index in [0.29, 0.717) is 29.3 Å². The molecule has 5 rings (SSSR count). The minimum absolute atomic E-state index is 0.378. The second kappa shape index (κ2) is 8.09. The van der Waals surface area contributed by atoms with E-state index in [1.54, 1.807) is 41.5 Å². The molecular formula is C25H21FN2O4. The standard InChI is InChI=1S/C25H21FN2O4/c1-2-31-20-13-11-18(12-14-20)27-24(29)21-22(16-7-6-8-17(26)15-16)28(32-23(21)25(27)30)19-9-4-3-5-10-19/h3-15,21-23H,2H2,1H3. The highest BCUT2D eigenvalue weighted by Gasteiger charge is 2.60. The van der Waals surface area contributed by atoms with E-state index in [0.717, 1.165) is 4.90 Å². The van der Waals surface area contributed by atoms with Crippen LogP contribution < -0.4 is 14.7 Å². The predicted octanol–water partition coefficient (Wildman–Crippen LogP) is 4.28. The molecule has 6 nitrogen and oxygen atoms in total. The maximum absolute atomic E-state index is 14.1. The zero-order chi connectivity index (χ0) is 22.2. The summed E-state index contributed by atoms with van der Waals surface area (Å²) >= 11 is 0. The Hall–Kier alpha value is -3.71. The van der Waals surface area contributed by atoms with Crippen molar-refractivity contribution in [2.75, 3.05) is 16.6 Å². The van der Waals surface area contributed by atoms with Crippen molar-refractivity contribution in [1.29, 1.82) is 0 Å². The van der Waals surface area contributed by atoms with E-state index in [9.17, 15) is 14.0 Å². The second-order valence-corrected chi connectivity index (χ2v) is 7.65. The molecule has 0 N–H and O–H groups in total. The molecule has 0 bridgehead atoms. The molecule has 3 atom stereocenters. The van der Waals surface area contributed by atoms with Crippen LogP contribution >= 0.6 is 0 Å². The van der Waals surface area contributed by atoms with Gasteiger partial charge in [0.05, 0.1) is 24.0 Å². The first-order valence-electron chi connectivity index (χ1n) is 10.5. The molecule has 162 valence electrons. The first kappa shape index (κ1) is 20.2. The highest BCUT2D eigenvalue weighted by atomic mass is 19.1. The van der Waals surface area contributed by atoms with E-state index >= 15 is 0 Å². The molecule has 2 aliphatic rings. The summed E-state index contributed by atoms with van der Waals surface area (Å²) in [5.74, 6) is -1.39. The lowest BCUT2D eigenvalue weighted by Gasteiger charge is -2.28. The Morgan fingerprint density at radius 1 is 0.906 bits per heavy atom. The highest BCUT2D eigenvalue weighted by Crippen LogP contribution is 2.47. The number of anilines is 2. The van der Waals surface area contributed by atoms with E-state index in [1.165, 1.54) is 12.1 Å². The molecule has 0 aliphatic carbocycles. The number of hydrogen-bond donors (Lipinski definition) is 0. The fourth-order valence-corrected chi connectivity index (χ4v) is 4.36. The van der Waals surface area contributed by atoms with Gasteiger partial charge in [0.15, 0.2) is 6.10 Å². The van der Waals surface area contributed by atoms with E-state index < -0.39 is 29.8 Å². The van der Waals surface area contributed by atoms with Crippen molar-refractivity contribution in [3.8, 4) is 5.75 Å². The third-order valence-corrected chi connectivity index (χ3v) is 5.72. The number of hydroxylamine groups is 1. The summed E-state index contributed by atoms with van der Waals surface area (Å²) < 4.78 is 19.5. The maximum Gasteiger partial charge on any atom is 0.266 e. The summed E-state index contributed by atoms with van der Waals surface area (Å²) in [5.41, 5.74) is 1.70. The van der Waals surface area contributed by atoms with Crippen molar-refractivity contribution < 1.29 is 23.6 Å². The van der Waals surface area contributed by atoms with Crippen LogP contribution in [0.5, 0.6) is 5.75 Å². The first-order chi connectivity index (χ1) is 15.6. The van der Waals surface area contributed by atoms with E-state index in [2.05, 4.69) is 0 Å². The van der Waals surface area contributed by atoms with Crippen molar-refractivity contribution >= 4 is 23.2 Å². The van der Waals surface area contributed by atoms with E-state index in [4.69, 9.17) is 9.57 Å². The summed E-state index contributed by atoms with van der Waals surface area (Å²) in [7, 11) is 0. The minimum Gasteiger partial charge on any atom is -0.494 e. The van der Waals surface area contributed by atoms with Gasteiger partial charge in [-0.15, -0.1) is 0 Å². The van der Waals surface area contributed by atoms with Gasteiger partial charge in [-0.25, -0.2) is 14.4 Å². The van der Waals surface area contributed by atoms with Gasteiger partial charge in [-0.1, -0.05) is 30.3 Å². The topological polar surface area (TPSA) is 59.1 Å². The number of hydrogen-bond acceptors (Lipinski definition) is 5. The Bertz CT molecular complexity index is 1150. The van der Waals surface area contributed by atoms with Crippen LogP contribution in [0.3, 0.4) is 0 Å². The number of fused-ring (bicyclic) bond motifs is 1. The zero-order valence-corrected chi connectivity index (χ0v) is 17.4. The predicted molar refractivity (Wildman–Crippen MR) is 117 cm³/mol. The van der Waals surface area contributed by atoms with Crippen LogP contribution in [0.4, 0.5) is 15.8 Å². The number of para-hydroxylation sites is 1. The highest BCUT2D eigenvalue weighted by molar-refractivity contribution is 6.23. The number of benzene rings is 3. The average molecular weight is 432 g/mol. The van der Waals surface area contributed by atoms with Crippen LogP contribution in [0.25, 0.3) is 0 Å². The van der Waals surface area contributed by atoms with Crippen LogP contribution in [-0.4, -0.2) is 24.5 Å². The van der Waals surface area contributed by atoms with Crippen LogP contribution in [0, 0.1) is 11.7 Å². The Morgan fingerprint density at radius 2 is 1.66 bits per heavy atom. The summed E-state index contributed by atoms with van der Waals surface area (Å²) in [6.45, 7) is 2.40. The van der Waals surface area contributed by atoms with Crippen molar-refractivity contribution in [3.05, 3.63) is 90.2 Å². The molecular weight excluding hydrogens is 411 g/mol. The Kier molecular flexibility index (Phi) is 5.11. The van der Waals surface area contributed by atoms with Gasteiger partial charge in [-0.05, 0) is 61.0 Å².